The van der Waals surface area contributed by atoms with Gasteiger partial charge >= 0.3 is 5.97 Å². The van der Waals surface area contributed by atoms with Crippen LogP contribution in [0.5, 0.6) is 0 Å². The van der Waals surface area contributed by atoms with Crippen molar-refractivity contribution in [2.75, 3.05) is 6.61 Å². The molecule has 0 aliphatic heterocycles. The molecule has 7 heteroatoms. The zero-order valence-electron chi connectivity index (χ0n) is 12.4. The van der Waals surface area contributed by atoms with Crippen molar-refractivity contribution >= 4 is 27.8 Å². The maximum atomic E-state index is 11.9. The minimum atomic E-state index is -0.658. The molecule has 1 atom stereocenters. The molecule has 0 spiro atoms. The van der Waals surface area contributed by atoms with Gasteiger partial charge in [0.15, 0.2) is 19.0 Å². The first-order valence-corrected chi connectivity index (χ1v) is 7.66. The molecule has 0 bridgehead atoms. The number of halogens is 1. The van der Waals surface area contributed by atoms with E-state index in [0.717, 1.165) is 10.0 Å². The lowest BCUT2D eigenvalue weighted by Crippen LogP contribution is -2.31. The third kappa shape index (κ3) is 4.79. The van der Waals surface area contributed by atoms with Gasteiger partial charge in [0, 0.05) is 16.6 Å². The van der Waals surface area contributed by atoms with Gasteiger partial charge in [-0.05, 0) is 18.6 Å². The van der Waals surface area contributed by atoms with Gasteiger partial charge in [0.05, 0.1) is 11.6 Å². The number of aromatic nitrogens is 1. The van der Waals surface area contributed by atoms with Crippen LogP contribution >= 0.6 is 15.9 Å². The topological polar surface area (TPSA) is 82.3 Å². The fraction of sp³-hybridized carbons (Fsp3) is 0.188. The normalized spacial score (nSPS) is 11.6. The maximum absolute atomic E-state index is 11.9. The van der Waals surface area contributed by atoms with Gasteiger partial charge in [-0.15, -0.1) is 0 Å². The second-order valence-electron chi connectivity index (χ2n) is 4.83. The number of amides is 1. The monoisotopic (exact) mass is 378 g/mol. The van der Waals surface area contributed by atoms with E-state index >= 15 is 0 Å². The van der Waals surface area contributed by atoms with Crippen LogP contribution in [0, 0.1) is 5.21 Å². The van der Waals surface area contributed by atoms with Crippen molar-refractivity contribution < 1.29 is 19.1 Å². The molecule has 0 aliphatic rings. The summed E-state index contributed by atoms with van der Waals surface area (Å²) in [7, 11) is 0. The fourth-order valence-corrected chi connectivity index (χ4v) is 2.58. The summed E-state index contributed by atoms with van der Waals surface area (Å²) in [5, 5.41) is 13.6. The molecule has 120 valence electrons. The maximum Gasteiger partial charge on any atom is 0.339 e. The van der Waals surface area contributed by atoms with Crippen LogP contribution in [0.4, 0.5) is 0 Å². The lowest BCUT2D eigenvalue weighted by atomic mass is 10.1. The molecule has 0 saturated heterocycles. The standard InChI is InChI=1S/C16H15BrN2O4/c1-11(13-4-2-3-5-14(13)17)18-15(20)10-23-16(21)12-6-8-19(22)9-7-12/h2-9,11H,10H2,1H3,(H,18,20)/t11-/m1/s1. The number of nitrogens with zero attached hydrogens (tertiary/aromatic N) is 1. The second-order valence-corrected chi connectivity index (χ2v) is 5.69. The molecule has 0 unspecified atom stereocenters. The summed E-state index contributed by atoms with van der Waals surface area (Å²) in [5.74, 6) is -1.06. The molecular weight excluding hydrogens is 364 g/mol. The van der Waals surface area contributed by atoms with Crippen LogP contribution in [0.1, 0.15) is 28.9 Å². The molecule has 0 radical (unpaired) electrons. The highest BCUT2D eigenvalue weighted by molar-refractivity contribution is 9.10. The van der Waals surface area contributed by atoms with Crippen molar-refractivity contribution in [3.63, 3.8) is 0 Å². The quantitative estimate of drug-likeness (QED) is 0.490. The summed E-state index contributed by atoms with van der Waals surface area (Å²) < 4.78 is 6.37. The highest BCUT2D eigenvalue weighted by atomic mass is 79.9. The second kappa shape index (κ2) is 7.73. The average molecular weight is 379 g/mol. The van der Waals surface area contributed by atoms with Crippen LogP contribution in [0.3, 0.4) is 0 Å². The van der Waals surface area contributed by atoms with Crippen LogP contribution in [0.25, 0.3) is 0 Å². The molecule has 1 N–H and O–H groups in total. The summed E-state index contributed by atoms with van der Waals surface area (Å²) in [6, 6.07) is 9.97. The Kier molecular flexibility index (Phi) is 5.70. The first-order valence-electron chi connectivity index (χ1n) is 6.87. The van der Waals surface area contributed by atoms with E-state index in [1.807, 2.05) is 31.2 Å². The van der Waals surface area contributed by atoms with Gasteiger partial charge in [-0.25, -0.2) is 4.79 Å². The summed E-state index contributed by atoms with van der Waals surface area (Å²) in [6.45, 7) is 1.45. The number of carbonyl (C=O) groups is 2. The van der Waals surface area contributed by atoms with E-state index in [2.05, 4.69) is 21.2 Å². The number of pyridine rings is 1. The molecule has 1 heterocycles. The molecule has 0 saturated carbocycles. The minimum Gasteiger partial charge on any atom is -0.619 e. The van der Waals surface area contributed by atoms with E-state index in [1.165, 1.54) is 24.5 Å². The van der Waals surface area contributed by atoms with Gasteiger partial charge in [-0.3, -0.25) is 4.79 Å². The van der Waals surface area contributed by atoms with Crippen molar-refractivity contribution in [1.29, 1.82) is 0 Å². The van der Waals surface area contributed by atoms with Crippen LogP contribution in [-0.4, -0.2) is 18.5 Å². The Morgan fingerprint density at radius 1 is 1.26 bits per heavy atom. The highest BCUT2D eigenvalue weighted by Crippen LogP contribution is 2.22. The minimum absolute atomic E-state index is 0.212. The van der Waals surface area contributed by atoms with E-state index in [9.17, 15) is 14.8 Å². The lowest BCUT2D eigenvalue weighted by molar-refractivity contribution is -0.605. The summed E-state index contributed by atoms with van der Waals surface area (Å²) in [4.78, 5) is 23.6. The highest BCUT2D eigenvalue weighted by Gasteiger charge is 2.15. The zero-order valence-corrected chi connectivity index (χ0v) is 13.9. The summed E-state index contributed by atoms with van der Waals surface area (Å²) >= 11 is 3.42. The van der Waals surface area contributed by atoms with Crippen LogP contribution in [-0.2, 0) is 9.53 Å². The van der Waals surface area contributed by atoms with E-state index in [0.29, 0.717) is 4.73 Å². The number of benzene rings is 1. The lowest BCUT2D eigenvalue weighted by Gasteiger charge is -2.15. The van der Waals surface area contributed by atoms with Crippen molar-refractivity contribution in [3.8, 4) is 0 Å². The third-order valence-electron chi connectivity index (χ3n) is 3.12. The van der Waals surface area contributed by atoms with E-state index in [1.54, 1.807) is 0 Å². The smallest absolute Gasteiger partial charge is 0.339 e. The molecule has 2 rings (SSSR count). The molecular formula is C16H15BrN2O4. The number of hydrogen-bond acceptors (Lipinski definition) is 4. The van der Waals surface area contributed by atoms with Crippen molar-refractivity contribution in [3.05, 3.63) is 69.6 Å². The number of esters is 1. The number of ether oxygens (including phenoxy) is 1. The van der Waals surface area contributed by atoms with Gasteiger partial charge in [0.1, 0.15) is 0 Å². The average Bonchev–Trinajstić information content (AvgIpc) is 2.53. The largest absolute Gasteiger partial charge is 0.619 e. The van der Waals surface area contributed by atoms with E-state index < -0.39 is 11.9 Å². The summed E-state index contributed by atoms with van der Waals surface area (Å²) in [6.07, 6.45) is 2.37. The van der Waals surface area contributed by atoms with Gasteiger partial charge in [0.2, 0.25) is 0 Å². The molecule has 2 aromatic rings. The van der Waals surface area contributed by atoms with E-state index in [4.69, 9.17) is 4.74 Å². The number of carbonyl (C=O) groups excluding carboxylic acids is 2. The Morgan fingerprint density at radius 3 is 2.57 bits per heavy atom. The van der Waals surface area contributed by atoms with Gasteiger partial charge in [-0.2, -0.15) is 4.73 Å². The van der Waals surface area contributed by atoms with Crippen molar-refractivity contribution in [1.82, 2.24) is 5.32 Å². The Labute approximate surface area is 141 Å². The van der Waals surface area contributed by atoms with Crippen molar-refractivity contribution in [2.24, 2.45) is 0 Å². The Bertz CT molecular complexity index is 703. The Hall–Kier alpha value is -2.41. The third-order valence-corrected chi connectivity index (χ3v) is 3.84. The van der Waals surface area contributed by atoms with E-state index in [-0.39, 0.29) is 18.2 Å². The predicted octanol–water partition coefficient (Wildman–Crippen LogP) is 2.12. The number of hydrogen-bond donors (Lipinski definition) is 1. The molecule has 1 amide bonds. The first kappa shape index (κ1) is 17.0. The van der Waals surface area contributed by atoms with Gasteiger partial charge in [0.25, 0.3) is 5.91 Å². The Balaban J connectivity index is 1.86. The van der Waals surface area contributed by atoms with Crippen LogP contribution in [0.2, 0.25) is 0 Å². The molecule has 0 aliphatic carbocycles. The van der Waals surface area contributed by atoms with Gasteiger partial charge < -0.3 is 15.3 Å². The molecule has 1 aromatic heterocycles. The SMILES string of the molecule is C[C@@H](NC(=O)COC(=O)c1cc[n+]([O-])cc1)c1ccccc1Br. The zero-order chi connectivity index (χ0) is 16.8. The van der Waals surface area contributed by atoms with Crippen LogP contribution < -0.4 is 10.0 Å². The summed E-state index contributed by atoms with van der Waals surface area (Å²) in [5.41, 5.74) is 1.14. The van der Waals surface area contributed by atoms with Crippen molar-refractivity contribution in [2.45, 2.75) is 13.0 Å². The molecule has 6 nitrogen and oxygen atoms in total. The Morgan fingerprint density at radius 2 is 1.91 bits per heavy atom. The predicted molar refractivity (Wildman–Crippen MR) is 86.4 cm³/mol. The molecule has 23 heavy (non-hydrogen) atoms. The van der Waals surface area contributed by atoms with Gasteiger partial charge in [-0.1, -0.05) is 34.1 Å². The van der Waals surface area contributed by atoms with Crippen LogP contribution in [0.15, 0.2) is 53.3 Å². The molecule has 1 aromatic carbocycles. The fourth-order valence-electron chi connectivity index (χ4n) is 1.95. The molecule has 0 fully saturated rings. The number of nitrogens with one attached hydrogen (secondary N) is 1. The first-order chi connectivity index (χ1) is 11.0. The number of rotatable bonds is 5.